The first-order valence-electron chi connectivity index (χ1n) is 8.54. The van der Waals surface area contributed by atoms with Gasteiger partial charge in [0.15, 0.2) is 0 Å². The topological polar surface area (TPSA) is 55.8 Å². The fourth-order valence-electron chi connectivity index (χ4n) is 3.21. The molecule has 0 amide bonds. The minimum absolute atomic E-state index is 0.180. The number of carbonyl (C=O) groups is 2. The van der Waals surface area contributed by atoms with Gasteiger partial charge in [0.25, 0.3) is 0 Å². The molecule has 1 aliphatic heterocycles. The van der Waals surface area contributed by atoms with Crippen molar-refractivity contribution in [3.05, 3.63) is 29.6 Å². The van der Waals surface area contributed by atoms with Gasteiger partial charge in [-0.05, 0) is 39.4 Å². The minimum atomic E-state index is -4.90. The molecule has 150 valence electrons. The van der Waals surface area contributed by atoms with Gasteiger partial charge in [-0.25, -0.2) is 4.39 Å². The predicted molar refractivity (Wildman–Crippen MR) is 87.4 cm³/mol. The van der Waals surface area contributed by atoms with Crippen LogP contribution in [0.3, 0.4) is 0 Å². The number of hydrogen-bond acceptors (Lipinski definition) is 5. The molecule has 1 fully saturated rings. The Morgan fingerprint density at radius 1 is 1.30 bits per heavy atom. The zero-order valence-electron chi connectivity index (χ0n) is 15.0. The molecule has 2 rings (SSSR count). The third-order valence-electron chi connectivity index (χ3n) is 4.51. The van der Waals surface area contributed by atoms with Crippen LogP contribution in [0.4, 0.5) is 17.6 Å². The van der Waals surface area contributed by atoms with Gasteiger partial charge in [0.05, 0.1) is 6.61 Å². The molecule has 0 unspecified atom stereocenters. The van der Waals surface area contributed by atoms with Crippen molar-refractivity contribution in [2.45, 2.75) is 38.6 Å². The van der Waals surface area contributed by atoms with Crippen molar-refractivity contribution in [1.82, 2.24) is 4.90 Å². The Morgan fingerprint density at radius 2 is 2.00 bits per heavy atom. The average Bonchev–Trinajstić information content (AvgIpc) is 2.54. The first kappa shape index (κ1) is 21.1. The molecule has 1 aromatic carbocycles. The highest BCUT2D eigenvalue weighted by molar-refractivity contribution is 5.96. The van der Waals surface area contributed by atoms with Gasteiger partial charge in [-0.3, -0.25) is 14.5 Å². The first-order chi connectivity index (χ1) is 12.6. The van der Waals surface area contributed by atoms with Crippen LogP contribution in [0.1, 0.15) is 37.8 Å². The summed E-state index contributed by atoms with van der Waals surface area (Å²) in [6.45, 7) is 2.31. The van der Waals surface area contributed by atoms with E-state index in [1.54, 1.807) is 14.0 Å². The number of piperidine rings is 1. The van der Waals surface area contributed by atoms with Crippen LogP contribution in [0, 0.1) is 11.7 Å². The largest absolute Gasteiger partial charge is 0.573 e. The molecule has 1 heterocycles. The number of ketones is 1. The quantitative estimate of drug-likeness (QED) is 0.421. The Hall–Kier alpha value is -2.16. The van der Waals surface area contributed by atoms with Crippen LogP contribution in [0.5, 0.6) is 5.75 Å². The summed E-state index contributed by atoms with van der Waals surface area (Å²) in [6.07, 6.45) is -4.46. The van der Waals surface area contributed by atoms with Gasteiger partial charge in [-0.15, -0.1) is 13.2 Å². The number of likely N-dealkylation sites (tertiary alicyclic amines) is 1. The second-order valence-electron chi connectivity index (χ2n) is 6.40. The maximum absolute atomic E-state index is 14.4. The fraction of sp³-hybridized carbons (Fsp3) is 0.556. The number of alkyl halides is 3. The molecule has 2 atom stereocenters. The molecule has 0 saturated carbocycles. The fourth-order valence-corrected chi connectivity index (χ4v) is 3.21. The average molecular weight is 391 g/mol. The summed E-state index contributed by atoms with van der Waals surface area (Å²) in [5.41, 5.74) is 0.181. The standard InChI is InChI=1S/C18H21F4NO4/c1-3-26-17(25)10-16(24)11-6-7-23(2)15(8-11)13-5-4-12(9-14(13)19)27-18(20,21)22/h4-5,9,11,15H,3,6-8,10H2,1-2H3/t11-,15+/m1/s1. The van der Waals surface area contributed by atoms with Crippen molar-refractivity contribution in [1.29, 1.82) is 0 Å². The van der Waals surface area contributed by atoms with Crippen LogP contribution in [-0.2, 0) is 14.3 Å². The number of Topliss-reactive ketones (excluding diaryl/α,β-unsaturated/α-hetero) is 1. The molecule has 0 spiro atoms. The van der Waals surface area contributed by atoms with Gasteiger partial charge in [0.1, 0.15) is 23.8 Å². The van der Waals surface area contributed by atoms with Gasteiger partial charge < -0.3 is 9.47 Å². The van der Waals surface area contributed by atoms with Crippen LogP contribution in [0.25, 0.3) is 0 Å². The first-order valence-corrected chi connectivity index (χ1v) is 8.54. The maximum Gasteiger partial charge on any atom is 0.573 e. The zero-order valence-corrected chi connectivity index (χ0v) is 15.0. The Morgan fingerprint density at radius 3 is 2.59 bits per heavy atom. The van der Waals surface area contributed by atoms with Crippen LogP contribution in [0.15, 0.2) is 18.2 Å². The van der Waals surface area contributed by atoms with Crippen molar-refractivity contribution >= 4 is 11.8 Å². The highest BCUT2D eigenvalue weighted by Crippen LogP contribution is 2.36. The predicted octanol–water partition coefficient (Wildman–Crippen LogP) is 3.63. The van der Waals surface area contributed by atoms with Gasteiger partial charge in [-0.1, -0.05) is 6.07 Å². The van der Waals surface area contributed by atoms with Crippen molar-refractivity contribution < 1.29 is 36.6 Å². The van der Waals surface area contributed by atoms with Crippen LogP contribution < -0.4 is 4.74 Å². The second-order valence-corrected chi connectivity index (χ2v) is 6.40. The molecule has 1 aromatic rings. The molecule has 1 aliphatic rings. The third kappa shape index (κ3) is 5.92. The number of benzene rings is 1. The molecule has 9 heteroatoms. The summed E-state index contributed by atoms with van der Waals surface area (Å²) >= 11 is 0. The van der Waals surface area contributed by atoms with Crippen LogP contribution in [-0.4, -0.2) is 43.2 Å². The number of halogens is 4. The summed E-state index contributed by atoms with van der Waals surface area (Å²) in [6, 6.07) is 2.47. The lowest BCUT2D eigenvalue weighted by Crippen LogP contribution is -2.37. The summed E-state index contributed by atoms with van der Waals surface area (Å²) in [5.74, 6) is -2.80. The van der Waals surface area contributed by atoms with E-state index in [1.165, 1.54) is 6.07 Å². The lowest BCUT2D eigenvalue weighted by Gasteiger charge is -2.37. The van der Waals surface area contributed by atoms with Crippen molar-refractivity contribution in [3.63, 3.8) is 0 Å². The number of nitrogens with zero attached hydrogens (tertiary/aromatic N) is 1. The van der Waals surface area contributed by atoms with E-state index in [-0.39, 0.29) is 30.8 Å². The van der Waals surface area contributed by atoms with E-state index in [4.69, 9.17) is 4.74 Å². The van der Waals surface area contributed by atoms with Crippen LogP contribution in [0.2, 0.25) is 0 Å². The SMILES string of the molecule is CCOC(=O)CC(=O)[C@@H]1CCN(C)[C@H](c2ccc(OC(F)(F)F)cc2F)C1. The smallest absolute Gasteiger partial charge is 0.466 e. The van der Waals surface area contributed by atoms with Gasteiger partial charge in [0, 0.05) is 23.6 Å². The van der Waals surface area contributed by atoms with Crippen molar-refractivity contribution in [3.8, 4) is 5.75 Å². The molecule has 0 bridgehead atoms. The van der Waals surface area contributed by atoms with E-state index < -0.39 is 35.9 Å². The van der Waals surface area contributed by atoms with Gasteiger partial charge >= 0.3 is 12.3 Å². The Balaban J connectivity index is 2.12. The lowest BCUT2D eigenvalue weighted by molar-refractivity contribution is -0.274. The summed E-state index contributed by atoms with van der Waals surface area (Å²) < 4.78 is 59.7. The molecule has 5 nitrogen and oxygen atoms in total. The van der Waals surface area contributed by atoms with Crippen LogP contribution >= 0.6 is 0 Å². The van der Waals surface area contributed by atoms with E-state index in [9.17, 15) is 27.2 Å². The van der Waals surface area contributed by atoms with E-state index in [0.29, 0.717) is 19.0 Å². The second kappa shape index (κ2) is 8.69. The Bertz CT molecular complexity index is 692. The Labute approximate surface area is 154 Å². The molecular weight excluding hydrogens is 370 g/mol. The number of ether oxygens (including phenoxy) is 2. The third-order valence-corrected chi connectivity index (χ3v) is 4.51. The maximum atomic E-state index is 14.4. The van der Waals surface area contributed by atoms with E-state index >= 15 is 0 Å². The monoisotopic (exact) mass is 391 g/mol. The molecule has 27 heavy (non-hydrogen) atoms. The van der Waals surface area contributed by atoms with Crippen molar-refractivity contribution in [2.24, 2.45) is 5.92 Å². The summed E-state index contributed by atoms with van der Waals surface area (Å²) in [4.78, 5) is 25.6. The van der Waals surface area contributed by atoms with Crippen molar-refractivity contribution in [2.75, 3.05) is 20.2 Å². The number of hydrogen-bond donors (Lipinski definition) is 0. The highest BCUT2D eigenvalue weighted by Gasteiger charge is 2.34. The minimum Gasteiger partial charge on any atom is -0.466 e. The van der Waals surface area contributed by atoms with E-state index in [1.807, 2.05) is 4.90 Å². The number of rotatable bonds is 6. The van der Waals surface area contributed by atoms with E-state index in [0.717, 1.165) is 6.07 Å². The molecule has 0 aliphatic carbocycles. The summed E-state index contributed by atoms with van der Waals surface area (Å²) in [5, 5.41) is 0. The zero-order chi connectivity index (χ0) is 20.2. The van der Waals surface area contributed by atoms with E-state index in [2.05, 4.69) is 4.74 Å². The molecule has 0 radical (unpaired) electrons. The molecule has 0 N–H and O–H groups in total. The normalized spacial score (nSPS) is 21.0. The number of carbonyl (C=O) groups excluding carboxylic acids is 2. The molecule has 1 saturated heterocycles. The molecular formula is C18H21F4NO4. The highest BCUT2D eigenvalue weighted by atomic mass is 19.4. The lowest BCUT2D eigenvalue weighted by atomic mass is 9.84. The Kier molecular flexibility index (Phi) is 6.80. The van der Waals surface area contributed by atoms with Gasteiger partial charge in [-0.2, -0.15) is 0 Å². The number of esters is 1. The molecule has 0 aromatic heterocycles. The van der Waals surface area contributed by atoms with Gasteiger partial charge in [0.2, 0.25) is 0 Å². The summed E-state index contributed by atoms with van der Waals surface area (Å²) in [7, 11) is 1.75.